The molecular formula is C19H22N4O4S. The molecule has 0 saturated heterocycles. The molecule has 0 spiro atoms. The zero-order chi connectivity index (χ0) is 19.7. The number of nitrogens with zero attached hydrogens (tertiary/aromatic N) is 2. The van der Waals surface area contributed by atoms with Gasteiger partial charge in [0.2, 0.25) is 5.91 Å². The van der Waals surface area contributed by atoms with Gasteiger partial charge in [-0.15, -0.1) is 0 Å². The number of methoxy groups -OCH3 is 2. The summed E-state index contributed by atoms with van der Waals surface area (Å²) in [6, 6.07) is 5.04. The minimum atomic E-state index is -0.203. The summed E-state index contributed by atoms with van der Waals surface area (Å²) >= 11 is 1.44. The Hall–Kier alpha value is -2.81. The van der Waals surface area contributed by atoms with Crippen LogP contribution in [0.5, 0.6) is 11.5 Å². The molecule has 28 heavy (non-hydrogen) atoms. The molecule has 0 radical (unpaired) electrons. The maximum absolute atomic E-state index is 12.7. The number of aromatic nitrogens is 1. The van der Waals surface area contributed by atoms with Gasteiger partial charge in [0, 0.05) is 29.8 Å². The molecule has 0 atom stereocenters. The molecule has 1 aliphatic carbocycles. The normalized spacial score (nSPS) is 15.6. The van der Waals surface area contributed by atoms with Crippen molar-refractivity contribution in [1.29, 1.82) is 0 Å². The van der Waals surface area contributed by atoms with Gasteiger partial charge in [0.1, 0.15) is 11.5 Å². The van der Waals surface area contributed by atoms with Crippen molar-refractivity contribution < 1.29 is 19.1 Å². The summed E-state index contributed by atoms with van der Waals surface area (Å²) in [6.45, 7) is 1.04. The van der Waals surface area contributed by atoms with E-state index in [0.29, 0.717) is 41.8 Å². The van der Waals surface area contributed by atoms with Crippen LogP contribution >= 0.6 is 11.3 Å². The monoisotopic (exact) mass is 402 g/mol. The fourth-order valence-electron chi connectivity index (χ4n) is 3.07. The van der Waals surface area contributed by atoms with Crippen LogP contribution in [0.25, 0.3) is 0 Å². The Bertz CT molecular complexity index is 909. The van der Waals surface area contributed by atoms with Crippen LogP contribution in [0.3, 0.4) is 0 Å². The maximum Gasteiger partial charge on any atom is 0.322 e. The minimum absolute atomic E-state index is 0.0484. The van der Waals surface area contributed by atoms with E-state index in [4.69, 9.17) is 9.47 Å². The number of nitrogens with one attached hydrogen (secondary N) is 2. The van der Waals surface area contributed by atoms with Gasteiger partial charge in [0.15, 0.2) is 5.13 Å². The van der Waals surface area contributed by atoms with E-state index < -0.39 is 0 Å². The highest BCUT2D eigenvalue weighted by Crippen LogP contribution is 2.33. The smallest absolute Gasteiger partial charge is 0.322 e. The van der Waals surface area contributed by atoms with E-state index in [1.165, 1.54) is 11.3 Å². The molecule has 1 aromatic heterocycles. The number of thiazole rings is 1. The van der Waals surface area contributed by atoms with Crippen LogP contribution in [-0.2, 0) is 17.8 Å². The van der Waals surface area contributed by atoms with Gasteiger partial charge in [-0.1, -0.05) is 11.3 Å². The zero-order valence-corrected chi connectivity index (χ0v) is 16.6. The van der Waals surface area contributed by atoms with Gasteiger partial charge in [0.25, 0.3) is 0 Å². The lowest BCUT2D eigenvalue weighted by Crippen LogP contribution is -2.38. The largest absolute Gasteiger partial charge is 0.497 e. The molecule has 4 rings (SSSR count). The van der Waals surface area contributed by atoms with E-state index in [-0.39, 0.29) is 17.9 Å². The van der Waals surface area contributed by atoms with Crippen molar-refractivity contribution in [3.8, 4) is 11.5 Å². The fraction of sp³-hybridized carbons (Fsp3) is 0.421. The number of hydrogen-bond donors (Lipinski definition) is 2. The summed E-state index contributed by atoms with van der Waals surface area (Å²) in [5.74, 6) is 1.38. The van der Waals surface area contributed by atoms with E-state index in [2.05, 4.69) is 15.6 Å². The Morgan fingerprint density at radius 3 is 2.75 bits per heavy atom. The standard InChI is InChI=1S/C19H22N4O4S/c1-26-12-5-6-13(15(9-12)27-2)21-19(25)23-8-7-14-16(10-23)28-18(20-14)22-17(24)11-3-4-11/h5-6,9,11H,3-4,7-8,10H2,1-2H3,(H,21,25)(H,20,22,24). The van der Waals surface area contributed by atoms with Gasteiger partial charge in [-0.05, 0) is 25.0 Å². The van der Waals surface area contributed by atoms with Crippen molar-refractivity contribution in [2.75, 3.05) is 31.4 Å². The van der Waals surface area contributed by atoms with Crippen molar-refractivity contribution in [3.05, 3.63) is 28.8 Å². The molecule has 3 amide bonds. The third kappa shape index (κ3) is 3.89. The second kappa shape index (κ2) is 7.67. The van der Waals surface area contributed by atoms with Crippen LogP contribution in [0.4, 0.5) is 15.6 Å². The number of hydrogen-bond acceptors (Lipinski definition) is 6. The van der Waals surface area contributed by atoms with Crippen molar-refractivity contribution in [2.24, 2.45) is 5.92 Å². The van der Waals surface area contributed by atoms with Crippen LogP contribution in [0, 0.1) is 5.92 Å². The number of ether oxygens (including phenoxy) is 2. The quantitative estimate of drug-likeness (QED) is 0.802. The topological polar surface area (TPSA) is 92.8 Å². The second-order valence-corrected chi connectivity index (χ2v) is 7.90. The summed E-state index contributed by atoms with van der Waals surface area (Å²) in [7, 11) is 3.13. The Kier molecular flexibility index (Phi) is 5.08. The van der Waals surface area contributed by atoms with Crippen LogP contribution in [0.1, 0.15) is 23.4 Å². The number of urea groups is 1. The van der Waals surface area contributed by atoms with Crippen molar-refractivity contribution in [3.63, 3.8) is 0 Å². The minimum Gasteiger partial charge on any atom is -0.497 e. The number of benzene rings is 1. The molecular weight excluding hydrogens is 380 g/mol. The first kappa shape index (κ1) is 18.5. The van der Waals surface area contributed by atoms with Gasteiger partial charge >= 0.3 is 6.03 Å². The summed E-state index contributed by atoms with van der Waals surface area (Å²) in [4.78, 5) is 31.9. The average Bonchev–Trinajstić information content (AvgIpc) is 3.48. The predicted molar refractivity (Wildman–Crippen MR) is 106 cm³/mol. The molecule has 2 N–H and O–H groups in total. The van der Waals surface area contributed by atoms with Gasteiger partial charge in [-0.25, -0.2) is 9.78 Å². The van der Waals surface area contributed by atoms with Crippen LogP contribution in [0.15, 0.2) is 18.2 Å². The third-order valence-electron chi connectivity index (χ3n) is 4.85. The first-order valence-electron chi connectivity index (χ1n) is 9.14. The van der Waals surface area contributed by atoms with Crippen molar-refractivity contribution in [1.82, 2.24) is 9.88 Å². The van der Waals surface area contributed by atoms with Crippen LogP contribution in [0.2, 0.25) is 0 Å². The van der Waals surface area contributed by atoms with E-state index >= 15 is 0 Å². The molecule has 0 unspecified atom stereocenters. The Balaban J connectivity index is 1.41. The third-order valence-corrected chi connectivity index (χ3v) is 5.84. The molecule has 1 fully saturated rings. The molecule has 2 aliphatic rings. The lowest BCUT2D eigenvalue weighted by Gasteiger charge is -2.26. The lowest BCUT2D eigenvalue weighted by molar-refractivity contribution is -0.117. The summed E-state index contributed by atoms with van der Waals surface area (Å²) in [5.41, 5.74) is 1.54. The Morgan fingerprint density at radius 1 is 1.21 bits per heavy atom. The van der Waals surface area contributed by atoms with Gasteiger partial charge < -0.3 is 25.0 Å². The molecule has 2 aromatic rings. The fourth-order valence-corrected chi connectivity index (χ4v) is 4.10. The van der Waals surface area contributed by atoms with Gasteiger partial charge in [0.05, 0.1) is 32.1 Å². The zero-order valence-electron chi connectivity index (χ0n) is 15.8. The second-order valence-electron chi connectivity index (χ2n) is 6.82. The van der Waals surface area contributed by atoms with Crippen LogP contribution in [-0.4, -0.2) is 42.6 Å². The van der Waals surface area contributed by atoms with Gasteiger partial charge in [-0.2, -0.15) is 0 Å². The predicted octanol–water partition coefficient (Wildman–Crippen LogP) is 3.10. The molecule has 8 nitrogen and oxygen atoms in total. The summed E-state index contributed by atoms with van der Waals surface area (Å²) < 4.78 is 10.5. The van der Waals surface area contributed by atoms with Gasteiger partial charge in [-0.3, -0.25) is 4.79 Å². The first-order chi connectivity index (χ1) is 13.6. The molecule has 2 heterocycles. The Labute approximate surface area is 166 Å². The maximum atomic E-state index is 12.7. The highest BCUT2D eigenvalue weighted by molar-refractivity contribution is 7.15. The highest BCUT2D eigenvalue weighted by atomic mass is 32.1. The molecule has 1 aromatic carbocycles. The molecule has 9 heteroatoms. The van der Waals surface area contributed by atoms with E-state index in [1.807, 2.05) is 0 Å². The number of fused-ring (bicyclic) bond motifs is 1. The number of carbonyl (C=O) groups excluding carboxylic acids is 2. The highest BCUT2D eigenvalue weighted by Gasteiger charge is 2.31. The SMILES string of the molecule is COc1ccc(NC(=O)N2CCc3nc(NC(=O)C4CC4)sc3C2)c(OC)c1. The number of amides is 3. The van der Waals surface area contributed by atoms with Crippen molar-refractivity contribution >= 4 is 34.1 Å². The summed E-state index contributed by atoms with van der Waals surface area (Å²) in [5, 5.41) is 6.41. The van der Waals surface area contributed by atoms with E-state index in [0.717, 1.165) is 23.4 Å². The molecule has 1 aliphatic heterocycles. The van der Waals surface area contributed by atoms with Crippen molar-refractivity contribution in [2.45, 2.75) is 25.8 Å². The number of carbonyl (C=O) groups is 2. The van der Waals surface area contributed by atoms with Crippen LogP contribution < -0.4 is 20.1 Å². The van der Waals surface area contributed by atoms with E-state index in [9.17, 15) is 9.59 Å². The molecule has 1 saturated carbocycles. The molecule has 0 bridgehead atoms. The molecule has 148 valence electrons. The number of anilines is 2. The Morgan fingerprint density at radius 2 is 2.04 bits per heavy atom. The lowest BCUT2D eigenvalue weighted by atomic mass is 10.2. The number of rotatable bonds is 5. The van der Waals surface area contributed by atoms with E-state index in [1.54, 1.807) is 37.3 Å². The average molecular weight is 402 g/mol. The summed E-state index contributed by atoms with van der Waals surface area (Å²) in [6.07, 6.45) is 2.58. The first-order valence-corrected chi connectivity index (χ1v) is 9.96.